The van der Waals surface area contributed by atoms with Crippen LogP contribution in [0.4, 0.5) is 27.5 Å². The molecule has 9 amide bonds. The topological polar surface area (TPSA) is 440 Å². The van der Waals surface area contributed by atoms with Crippen LogP contribution in [-0.4, -0.2) is 208 Å². The number of rotatable bonds is 50. The number of aliphatic carboxylic acids is 1. The molecule has 0 radical (unpaired) electrons. The summed E-state index contributed by atoms with van der Waals surface area (Å²) in [5.74, 6) is -5.27. The molecule has 0 heterocycles. The van der Waals surface area contributed by atoms with Crippen LogP contribution in [0.25, 0.3) is 21.9 Å². The molecule has 0 spiro atoms. The quantitative estimate of drug-likeness (QED) is 0.00965. The van der Waals surface area contributed by atoms with E-state index in [1.54, 1.807) is 72.8 Å². The van der Waals surface area contributed by atoms with Gasteiger partial charge in [0.25, 0.3) is 21.9 Å². The van der Waals surface area contributed by atoms with Gasteiger partial charge in [-0.25, -0.2) is 9.59 Å². The molecule has 0 aromatic heterocycles. The van der Waals surface area contributed by atoms with E-state index in [-0.39, 0.29) is 119 Å². The van der Waals surface area contributed by atoms with E-state index in [0.717, 1.165) is 60.0 Å². The fourth-order valence-electron chi connectivity index (χ4n) is 13.7. The Bertz CT molecular complexity index is 4640. The number of benzene rings is 7. The average Bonchev–Trinajstić information content (AvgIpc) is 1.64. The second-order valence-electron chi connectivity index (χ2n) is 29.0. The summed E-state index contributed by atoms with van der Waals surface area (Å²) in [7, 11) is -0.569. The number of amides is 9. The number of ether oxygens (including phenoxy) is 5. The molecule has 12 N–H and O–H groups in total. The van der Waals surface area contributed by atoms with Gasteiger partial charge in [-0.1, -0.05) is 117 Å². The molecule has 119 heavy (non-hydrogen) atoms. The van der Waals surface area contributed by atoms with Gasteiger partial charge in [-0.05, 0) is 151 Å². The van der Waals surface area contributed by atoms with Crippen molar-refractivity contribution >= 4 is 103 Å². The van der Waals surface area contributed by atoms with Crippen LogP contribution in [0.3, 0.4) is 0 Å². The predicted octanol–water partition coefficient (Wildman–Crippen LogP) is 8.53. The molecule has 0 unspecified atom stereocenters. The molecule has 1 fully saturated rings. The molecule has 2 aliphatic rings. The van der Waals surface area contributed by atoms with Crippen molar-refractivity contribution in [3.05, 3.63) is 186 Å². The number of nitrogens with zero attached hydrogens (tertiary/aromatic N) is 3. The standard InChI is InChI=1S/C86H107N13O19S/c1-99(2)64-37-35-63(36-38-64)98-97-62-33-31-60(32-34-62)81(104)90-41-11-10-24-74(85(108)109)94-78(101)54-93-84(107)75(52-58-16-4-3-5-17-58)95-82(105)61-29-27-59(28-30-61)53-92-80(103)57-117-56-79(102)88-42-14-46-114-48-50-116-51-49-115-47-15-43-91-83(106)73(96-86(110)118-55-71-67-20-8-6-18-65(67)66-19-7-9-21-68(66)71)39-40-77(100)89-45-44-87-72-25-12-23-70-69(72)22-13-26-76(70)119(111,112)113/h6-9,12-13,18-23,25-38,58,71,73-75,87H,3-5,10-11,14-17,24,39-57H2,1-2H3,(H,88,102)(H,89,100)(H,90,104)(H,91,106)(H,92,103)(H,93,107)(H,94,101)(H,95,105)(H,96,110)(H,108,109)(H,111,112,113)/b98-97+/t73-,74-,75-/m0/s1. The van der Waals surface area contributed by atoms with Crippen molar-refractivity contribution in [1.82, 2.24) is 47.9 Å². The maximum absolute atomic E-state index is 13.7. The Morgan fingerprint density at radius 3 is 1.71 bits per heavy atom. The molecular formula is C86H107N13O19S. The summed E-state index contributed by atoms with van der Waals surface area (Å²) in [6, 6.07) is 42.6. The van der Waals surface area contributed by atoms with Crippen LogP contribution in [0, 0.1) is 5.92 Å². The zero-order chi connectivity index (χ0) is 84.7. The number of carbonyl (C=O) groups excluding carboxylic acids is 9. The average molecular weight is 1660 g/mol. The number of nitrogens with one attached hydrogen (secondary N) is 10. The smallest absolute Gasteiger partial charge is 0.407 e. The van der Waals surface area contributed by atoms with E-state index in [0.29, 0.717) is 104 Å². The molecule has 0 saturated heterocycles. The number of hydrogen-bond acceptors (Lipinski definition) is 21. The normalized spacial score (nSPS) is 13.3. The van der Waals surface area contributed by atoms with Crippen LogP contribution in [0.5, 0.6) is 0 Å². The van der Waals surface area contributed by atoms with Gasteiger partial charge < -0.3 is 86.9 Å². The van der Waals surface area contributed by atoms with Crippen molar-refractivity contribution in [2.45, 2.75) is 119 Å². The number of unbranched alkanes of at least 4 members (excludes halogenated alkanes) is 1. The van der Waals surface area contributed by atoms with E-state index in [2.05, 4.69) is 63.4 Å². The Labute approximate surface area is 691 Å². The van der Waals surface area contributed by atoms with Gasteiger partial charge in [-0.15, -0.1) is 0 Å². The van der Waals surface area contributed by atoms with E-state index in [9.17, 15) is 66.0 Å². The first-order valence-electron chi connectivity index (χ1n) is 40.1. The number of alkyl carbamates (subject to hydrolysis) is 1. The number of carbonyl (C=O) groups is 10. The number of azo groups is 1. The molecule has 636 valence electrons. The van der Waals surface area contributed by atoms with Gasteiger partial charge in [-0.3, -0.25) is 42.9 Å². The largest absolute Gasteiger partial charge is 0.480 e. The molecule has 0 bridgehead atoms. The first-order valence-corrected chi connectivity index (χ1v) is 41.5. The summed E-state index contributed by atoms with van der Waals surface area (Å²) in [6.45, 7) is 1.83. The maximum atomic E-state index is 13.7. The zero-order valence-corrected chi connectivity index (χ0v) is 67.8. The highest BCUT2D eigenvalue weighted by Gasteiger charge is 2.32. The van der Waals surface area contributed by atoms with Crippen molar-refractivity contribution in [2.75, 3.05) is 123 Å². The number of carboxylic acids is 1. The number of anilines is 2. The zero-order valence-electron chi connectivity index (χ0n) is 67.0. The van der Waals surface area contributed by atoms with Gasteiger partial charge >= 0.3 is 12.1 Å². The highest BCUT2D eigenvalue weighted by atomic mass is 32.2. The van der Waals surface area contributed by atoms with E-state index in [1.165, 1.54) is 12.1 Å². The molecule has 0 aliphatic heterocycles. The number of fused-ring (bicyclic) bond motifs is 4. The summed E-state index contributed by atoms with van der Waals surface area (Å²) in [5, 5.41) is 46.9. The van der Waals surface area contributed by atoms with Gasteiger partial charge in [0, 0.05) is 112 Å². The lowest BCUT2D eigenvalue weighted by molar-refractivity contribution is -0.142. The molecular weight excluding hydrogens is 1550 g/mol. The molecule has 1 saturated carbocycles. The molecule has 7 aromatic rings. The summed E-state index contributed by atoms with van der Waals surface area (Å²) in [4.78, 5) is 132. The van der Waals surface area contributed by atoms with Gasteiger partial charge in [0.15, 0.2) is 0 Å². The molecule has 2 aliphatic carbocycles. The lowest BCUT2D eigenvalue weighted by Crippen LogP contribution is -2.51. The molecule has 3 atom stereocenters. The van der Waals surface area contributed by atoms with Crippen LogP contribution in [-0.2, 0) is 73.9 Å². The van der Waals surface area contributed by atoms with E-state index in [1.807, 2.05) is 91.8 Å². The predicted molar refractivity (Wildman–Crippen MR) is 446 cm³/mol. The Hall–Kier alpha value is -11.8. The first kappa shape index (κ1) is 91.2. The van der Waals surface area contributed by atoms with E-state index < -0.39 is 82.3 Å². The maximum Gasteiger partial charge on any atom is 0.407 e. The fraction of sp³-hybridized carbons (Fsp3) is 0.419. The minimum atomic E-state index is -4.47. The third-order valence-electron chi connectivity index (χ3n) is 20.0. The SMILES string of the molecule is CN(C)c1ccc(/N=N/c2ccc(C(=O)NCCCC[C@H](NC(=O)CNC(=O)[C@H](CC3CCCCC3)NC(=O)c3ccc(CNC(=O)COCC(=O)NCCCOCCOCCOCCCNC(=O)[C@H](CCC(=O)NCCNc4cccc5c(S(=O)(=O)O)cccc45)NC(=O)OCC4c5ccccc5-c5ccccc54)cc3)C(=O)O)cc2)cc1. The molecule has 32 nitrogen and oxygen atoms in total. The Kier molecular flexibility index (Phi) is 36.9. The van der Waals surface area contributed by atoms with Crippen molar-refractivity contribution in [2.24, 2.45) is 16.1 Å². The van der Waals surface area contributed by atoms with Crippen LogP contribution < -0.4 is 58.1 Å². The lowest BCUT2D eigenvalue weighted by Gasteiger charge is -2.26. The van der Waals surface area contributed by atoms with Crippen LogP contribution >= 0.6 is 0 Å². The Balaban J connectivity index is 0.583. The second-order valence-corrected chi connectivity index (χ2v) is 30.4. The highest BCUT2D eigenvalue weighted by Crippen LogP contribution is 2.44. The number of carboxylic acid groups (broad SMARTS) is 1. The van der Waals surface area contributed by atoms with Gasteiger partial charge in [0.2, 0.25) is 35.4 Å². The van der Waals surface area contributed by atoms with Crippen molar-refractivity contribution < 1.29 is 89.7 Å². The Morgan fingerprint density at radius 2 is 1.07 bits per heavy atom. The number of hydrogen-bond donors (Lipinski definition) is 12. The molecule has 7 aromatic carbocycles. The summed E-state index contributed by atoms with van der Waals surface area (Å²) in [5.41, 5.74) is 8.35. The van der Waals surface area contributed by atoms with Crippen LogP contribution in [0.2, 0.25) is 0 Å². The van der Waals surface area contributed by atoms with E-state index >= 15 is 0 Å². The third-order valence-corrected chi connectivity index (χ3v) is 20.9. The van der Waals surface area contributed by atoms with Crippen LogP contribution in [0.1, 0.15) is 127 Å². The van der Waals surface area contributed by atoms with Crippen LogP contribution in [0.15, 0.2) is 173 Å². The van der Waals surface area contributed by atoms with E-state index in [4.69, 9.17) is 23.7 Å². The fourth-order valence-corrected chi connectivity index (χ4v) is 14.4. The van der Waals surface area contributed by atoms with Crippen molar-refractivity contribution in [1.29, 1.82) is 0 Å². The van der Waals surface area contributed by atoms with Crippen molar-refractivity contribution in [3.8, 4) is 11.1 Å². The van der Waals surface area contributed by atoms with Gasteiger partial charge in [-0.2, -0.15) is 18.6 Å². The third kappa shape index (κ3) is 30.6. The monoisotopic (exact) mass is 1660 g/mol. The lowest BCUT2D eigenvalue weighted by atomic mass is 9.84. The van der Waals surface area contributed by atoms with Gasteiger partial charge in [0.05, 0.1) is 44.3 Å². The first-order chi connectivity index (χ1) is 57.6. The molecule has 33 heteroatoms. The summed E-state index contributed by atoms with van der Waals surface area (Å²) in [6.07, 6.45) is 5.95. The minimum Gasteiger partial charge on any atom is -0.480 e. The highest BCUT2D eigenvalue weighted by molar-refractivity contribution is 7.86. The van der Waals surface area contributed by atoms with Crippen molar-refractivity contribution in [3.63, 3.8) is 0 Å². The minimum absolute atomic E-state index is 0.0187. The van der Waals surface area contributed by atoms with Gasteiger partial charge in [0.1, 0.15) is 42.8 Å². The summed E-state index contributed by atoms with van der Waals surface area (Å²) < 4.78 is 61.6. The Morgan fingerprint density at radius 1 is 0.496 bits per heavy atom. The second kappa shape index (κ2) is 48.2. The molecule has 9 rings (SSSR count). The summed E-state index contributed by atoms with van der Waals surface area (Å²) >= 11 is 0.